The van der Waals surface area contributed by atoms with Crippen molar-refractivity contribution >= 4 is 30.1 Å². The lowest BCUT2D eigenvalue weighted by molar-refractivity contribution is -0.121. The van der Waals surface area contributed by atoms with Crippen molar-refractivity contribution in [2.24, 2.45) is 0 Å². The van der Waals surface area contributed by atoms with E-state index in [1.165, 1.54) is 12.1 Å². The van der Waals surface area contributed by atoms with Crippen LogP contribution < -0.4 is 4.90 Å². The molecular weight excluding hydrogens is 265 g/mol. The van der Waals surface area contributed by atoms with Gasteiger partial charge in [0.25, 0.3) is 0 Å². The van der Waals surface area contributed by atoms with E-state index in [-0.39, 0.29) is 17.5 Å². The smallest absolute Gasteiger partial charge is 0.247 e. The number of carbonyl (C=O) groups excluding carboxylic acids is 2. The van der Waals surface area contributed by atoms with Crippen LogP contribution >= 0.6 is 12.6 Å². The maximum atomic E-state index is 14.1. The highest BCUT2D eigenvalue weighted by Gasteiger charge is 2.38. The van der Waals surface area contributed by atoms with Crippen molar-refractivity contribution < 1.29 is 14.0 Å². The molecule has 1 unspecified atom stereocenters. The van der Waals surface area contributed by atoms with E-state index in [9.17, 15) is 14.0 Å². The van der Waals surface area contributed by atoms with E-state index < -0.39 is 22.9 Å². The maximum absolute atomic E-state index is 14.1. The Morgan fingerprint density at radius 3 is 2.37 bits per heavy atom. The van der Waals surface area contributed by atoms with E-state index in [0.717, 1.165) is 10.5 Å². The van der Waals surface area contributed by atoms with Crippen LogP contribution in [-0.2, 0) is 15.0 Å². The molecule has 1 aromatic rings. The summed E-state index contributed by atoms with van der Waals surface area (Å²) in [6.07, 6.45) is 0.0163. The molecular formula is C14H16FNO2S. The van der Waals surface area contributed by atoms with Gasteiger partial charge in [0, 0.05) is 6.42 Å². The van der Waals surface area contributed by atoms with Gasteiger partial charge in [-0.25, -0.2) is 9.29 Å². The predicted molar refractivity (Wildman–Crippen MR) is 75.0 cm³/mol. The zero-order valence-corrected chi connectivity index (χ0v) is 12.0. The van der Waals surface area contributed by atoms with Gasteiger partial charge in [0.15, 0.2) is 0 Å². The molecule has 0 bridgehead atoms. The Bertz CT molecular complexity index is 551. The van der Waals surface area contributed by atoms with E-state index in [4.69, 9.17) is 0 Å². The number of imide groups is 1. The molecule has 0 saturated carbocycles. The van der Waals surface area contributed by atoms with Gasteiger partial charge in [-0.3, -0.25) is 9.59 Å². The van der Waals surface area contributed by atoms with Crippen molar-refractivity contribution in [1.29, 1.82) is 0 Å². The first-order valence-corrected chi connectivity index (χ1v) is 6.58. The van der Waals surface area contributed by atoms with Gasteiger partial charge in [-0.05, 0) is 23.1 Å². The Morgan fingerprint density at radius 2 is 1.95 bits per heavy atom. The van der Waals surface area contributed by atoms with Crippen molar-refractivity contribution in [3.8, 4) is 0 Å². The van der Waals surface area contributed by atoms with Gasteiger partial charge in [-0.15, -0.1) is 0 Å². The third-order valence-corrected chi connectivity index (χ3v) is 3.58. The molecule has 1 atom stereocenters. The van der Waals surface area contributed by atoms with Crippen LogP contribution in [0.3, 0.4) is 0 Å². The number of rotatable bonds is 1. The molecule has 0 N–H and O–H groups in total. The zero-order chi connectivity index (χ0) is 14.4. The van der Waals surface area contributed by atoms with Crippen LogP contribution in [0.5, 0.6) is 0 Å². The molecule has 1 saturated heterocycles. The highest BCUT2D eigenvalue weighted by Crippen LogP contribution is 2.31. The first-order chi connectivity index (χ1) is 8.71. The fraction of sp³-hybridized carbons (Fsp3) is 0.429. The van der Waals surface area contributed by atoms with Crippen LogP contribution in [0.4, 0.5) is 10.1 Å². The van der Waals surface area contributed by atoms with Gasteiger partial charge >= 0.3 is 0 Å². The van der Waals surface area contributed by atoms with Gasteiger partial charge in [0.2, 0.25) is 11.8 Å². The number of carbonyl (C=O) groups is 2. The standard InChI is InChI=1S/C14H16FNO2S/c1-14(2,3)8-4-5-10(9(15)6-8)16-12(17)7-11(19)13(16)18/h4-6,11,19H,7H2,1-3H3. The highest BCUT2D eigenvalue weighted by molar-refractivity contribution is 7.82. The maximum Gasteiger partial charge on any atom is 0.247 e. The van der Waals surface area contributed by atoms with Crippen molar-refractivity contribution in [3.63, 3.8) is 0 Å². The minimum atomic E-state index is -0.672. The van der Waals surface area contributed by atoms with Crippen LogP contribution in [0.1, 0.15) is 32.8 Å². The van der Waals surface area contributed by atoms with Crippen molar-refractivity contribution in [2.75, 3.05) is 4.90 Å². The second-order valence-corrected chi connectivity index (χ2v) is 6.33. The van der Waals surface area contributed by atoms with Crippen LogP contribution in [0.25, 0.3) is 0 Å². The lowest BCUT2D eigenvalue weighted by Gasteiger charge is -2.21. The number of amides is 2. The Balaban J connectivity index is 2.42. The Labute approximate surface area is 117 Å². The van der Waals surface area contributed by atoms with Crippen molar-refractivity contribution in [3.05, 3.63) is 29.6 Å². The molecule has 1 heterocycles. The predicted octanol–water partition coefficient (Wildman–Crippen LogP) is 2.68. The van der Waals surface area contributed by atoms with E-state index in [2.05, 4.69) is 12.6 Å². The third kappa shape index (κ3) is 2.52. The molecule has 2 rings (SSSR count). The van der Waals surface area contributed by atoms with E-state index in [1.807, 2.05) is 20.8 Å². The third-order valence-electron chi connectivity index (χ3n) is 3.18. The molecule has 1 fully saturated rings. The quantitative estimate of drug-likeness (QED) is 0.635. The van der Waals surface area contributed by atoms with Crippen LogP contribution in [0.2, 0.25) is 0 Å². The van der Waals surface area contributed by atoms with Gasteiger partial charge in [-0.1, -0.05) is 26.8 Å². The molecule has 0 aromatic heterocycles. The molecule has 19 heavy (non-hydrogen) atoms. The fourth-order valence-corrected chi connectivity index (χ4v) is 2.30. The largest absolute Gasteiger partial charge is 0.274 e. The normalized spacial score (nSPS) is 20.3. The summed E-state index contributed by atoms with van der Waals surface area (Å²) < 4.78 is 14.1. The molecule has 3 nitrogen and oxygen atoms in total. The first kappa shape index (κ1) is 14.1. The molecule has 2 amide bonds. The number of anilines is 1. The highest BCUT2D eigenvalue weighted by atomic mass is 32.1. The second-order valence-electron chi connectivity index (χ2n) is 5.70. The molecule has 0 aliphatic carbocycles. The first-order valence-electron chi connectivity index (χ1n) is 6.06. The Morgan fingerprint density at radius 1 is 1.32 bits per heavy atom. The summed E-state index contributed by atoms with van der Waals surface area (Å²) in [6.45, 7) is 5.91. The monoisotopic (exact) mass is 281 g/mol. The van der Waals surface area contributed by atoms with Gasteiger partial charge < -0.3 is 0 Å². The lowest BCUT2D eigenvalue weighted by Crippen LogP contribution is -2.31. The average molecular weight is 281 g/mol. The zero-order valence-electron chi connectivity index (χ0n) is 11.1. The molecule has 0 spiro atoms. The molecule has 5 heteroatoms. The van der Waals surface area contributed by atoms with Gasteiger partial charge in [0.1, 0.15) is 5.82 Å². The van der Waals surface area contributed by atoms with E-state index in [1.54, 1.807) is 6.07 Å². The molecule has 1 aliphatic heterocycles. The fourth-order valence-electron chi connectivity index (χ4n) is 2.02. The average Bonchev–Trinajstić information content (AvgIpc) is 2.53. The summed E-state index contributed by atoms with van der Waals surface area (Å²) in [7, 11) is 0. The lowest BCUT2D eigenvalue weighted by atomic mass is 9.87. The summed E-state index contributed by atoms with van der Waals surface area (Å²) in [5.74, 6) is -1.43. The van der Waals surface area contributed by atoms with Crippen LogP contribution in [-0.4, -0.2) is 17.1 Å². The molecule has 0 radical (unpaired) electrons. The van der Waals surface area contributed by atoms with Crippen molar-refractivity contribution in [2.45, 2.75) is 37.9 Å². The SMILES string of the molecule is CC(C)(C)c1ccc(N2C(=O)CC(S)C2=O)c(F)c1. The Hall–Kier alpha value is -1.36. The summed E-state index contributed by atoms with van der Waals surface area (Å²) in [4.78, 5) is 24.4. The number of hydrogen-bond acceptors (Lipinski definition) is 3. The van der Waals surface area contributed by atoms with Crippen LogP contribution in [0, 0.1) is 5.82 Å². The molecule has 1 aliphatic rings. The Kier molecular flexibility index (Phi) is 3.43. The second kappa shape index (κ2) is 4.63. The number of benzene rings is 1. The summed E-state index contributed by atoms with van der Waals surface area (Å²) in [5, 5.41) is -0.672. The van der Waals surface area contributed by atoms with Crippen molar-refractivity contribution in [1.82, 2.24) is 0 Å². The topological polar surface area (TPSA) is 37.4 Å². The summed E-state index contributed by atoms with van der Waals surface area (Å²) in [6, 6.07) is 4.60. The summed E-state index contributed by atoms with van der Waals surface area (Å²) in [5.41, 5.74) is 0.639. The number of nitrogens with zero attached hydrogens (tertiary/aromatic N) is 1. The van der Waals surface area contributed by atoms with E-state index in [0.29, 0.717) is 0 Å². The number of thiol groups is 1. The van der Waals surface area contributed by atoms with Gasteiger partial charge in [-0.2, -0.15) is 12.6 Å². The van der Waals surface area contributed by atoms with Crippen LogP contribution in [0.15, 0.2) is 18.2 Å². The van der Waals surface area contributed by atoms with Gasteiger partial charge in [0.05, 0.1) is 10.9 Å². The van der Waals surface area contributed by atoms with E-state index >= 15 is 0 Å². The number of hydrogen-bond donors (Lipinski definition) is 1. The molecule has 1 aromatic carbocycles. The number of halogens is 1. The minimum Gasteiger partial charge on any atom is -0.274 e. The summed E-state index contributed by atoms with van der Waals surface area (Å²) >= 11 is 4.02. The molecule has 102 valence electrons. The minimum absolute atomic E-state index is 0.0135.